The van der Waals surface area contributed by atoms with Crippen LogP contribution >= 0.6 is 0 Å². The molecule has 0 radical (unpaired) electrons. The Bertz CT molecular complexity index is 439. The van der Waals surface area contributed by atoms with Gasteiger partial charge in [0, 0.05) is 31.1 Å². The first-order chi connectivity index (χ1) is 9.24. The molecule has 0 aliphatic carbocycles. The van der Waals surface area contributed by atoms with E-state index in [0.717, 1.165) is 36.6 Å². The number of amides is 1. The highest BCUT2D eigenvalue weighted by Crippen LogP contribution is 2.22. The van der Waals surface area contributed by atoms with Gasteiger partial charge in [0.25, 0.3) is 0 Å². The predicted octanol–water partition coefficient (Wildman–Crippen LogP) is 1.16. The Morgan fingerprint density at radius 2 is 2.16 bits per heavy atom. The molecule has 1 atom stereocenters. The number of nitrogens with one attached hydrogen (secondary N) is 3. The van der Waals surface area contributed by atoms with Gasteiger partial charge in [-0.05, 0) is 19.8 Å². The van der Waals surface area contributed by atoms with Crippen LogP contribution in [-0.4, -0.2) is 35.0 Å². The number of carbonyl (C=O) groups is 1. The maximum atomic E-state index is 11.1. The van der Waals surface area contributed by atoms with Crippen molar-refractivity contribution in [2.45, 2.75) is 39.2 Å². The van der Waals surface area contributed by atoms with Gasteiger partial charge >= 0.3 is 0 Å². The van der Waals surface area contributed by atoms with Gasteiger partial charge in [0.1, 0.15) is 18.0 Å². The summed E-state index contributed by atoms with van der Waals surface area (Å²) in [6.07, 6.45) is 3.85. The maximum absolute atomic E-state index is 11.1. The van der Waals surface area contributed by atoms with Crippen LogP contribution in [0.4, 0.5) is 11.6 Å². The lowest BCUT2D eigenvalue weighted by Gasteiger charge is -2.25. The first-order valence-electron chi connectivity index (χ1n) is 6.85. The molecule has 0 spiro atoms. The maximum Gasteiger partial charge on any atom is 0.220 e. The van der Waals surface area contributed by atoms with Crippen molar-refractivity contribution >= 4 is 17.5 Å². The van der Waals surface area contributed by atoms with E-state index in [1.807, 2.05) is 6.92 Å². The van der Waals surface area contributed by atoms with Crippen molar-refractivity contribution in [1.82, 2.24) is 15.3 Å². The largest absolute Gasteiger partial charge is 0.370 e. The van der Waals surface area contributed by atoms with E-state index < -0.39 is 0 Å². The molecule has 1 aromatic rings. The lowest BCUT2D eigenvalue weighted by molar-refractivity contribution is -0.122. The van der Waals surface area contributed by atoms with Crippen LogP contribution in [0.2, 0.25) is 0 Å². The molecule has 6 nitrogen and oxygen atoms in total. The number of rotatable bonds is 5. The molecule has 1 aliphatic heterocycles. The van der Waals surface area contributed by atoms with Crippen molar-refractivity contribution < 1.29 is 4.79 Å². The van der Waals surface area contributed by atoms with E-state index in [9.17, 15) is 4.79 Å². The monoisotopic (exact) mass is 263 g/mol. The van der Waals surface area contributed by atoms with Crippen molar-refractivity contribution in [2.75, 3.05) is 23.7 Å². The Hall–Kier alpha value is -1.85. The summed E-state index contributed by atoms with van der Waals surface area (Å²) in [6, 6.07) is 0.243. The van der Waals surface area contributed by atoms with Crippen LogP contribution < -0.4 is 16.0 Å². The minimum atomic E-state index is 0.129. The summed E-state index contributed by atoms with van der Waals surface area (Å²) in [5.41, 5.74) is 1.10. The fourth-order valence-electron chi connectivity index (χ4n) is 2.24. The highest BCUT2D eigenvalue weighted by Gasteiger charge is 2.19. The molecule has 2 heterocycles. The van der Waals surface area contributed by atoms with Crippen LogP contribution in [0.1, 0.15) is 32.3 Å². The standard InChI is InChI=1S/C13H21N5O/c1-3-10-12(14-4-2)16-8-17-13(10)18-9-5-6-11(19)15-7-9/h8-9H,3-7H2,1-2H3,(H,15,19)(H2,14,16,17,18). The molecule has 0 aromatic carbocycles. The Morgan fingerprint density at radius 1 is 1.37 bits per heavy atom. The van der Waals surface area contributed by atoms with Crippen LogP contribution in [-0.2, 0) is 11.2 Å². The lowest BCUT2D eigenvalue weighted by Crippen LogP contribution is -2.42. The Labute approximate surface area is 113 Å². The fourth-order valence-corrected chi connectivity index (χ4v) is 2.24. The summed E-state index contributed by atoms with van der Waals surface area (Å²) in [5.74, 6) is 1.89. The third-order valence-corrected chi connectivity index (χ3v) is 3.25. The molecule has 1 fully saturated rings. The molecule has 6 heteroatoms. The van der Waals surface area contributed by atoms with Gasteiger partial charge in [-0.1, -0.05) is 6.92 Å². The lowest BCUT2D eigenvalue weighted by atomic mass is 10.1. The first-order valence-corrected chi connectivity index (χ1v) is 6.85. The molecule has 0 bridgehead atoms. The first kappa shape index (κ1) is 13.6. The molecular weight excluding hydrogens is 242 g/mol. The number of anilines is 2. The van der Waals surface area contributed by atoms with Gasteiger partial charge in [0.15, 0.2) is 0 Å². The second-order valence-corrected chi connectivity index (χ2v) is 4.62. The van der Waals surface area contributed by atoms with Crippen LogP contribution in [0, 0.1) is 0 Å². The summed E-state index contributed by atoms with van der Waals surface area (Å²) >= 11 is 0. The van der Waals surface area contributed by atoms with E-state index in [-0.39, 0.29) is 11.9 Å². The molecule has 1 amide bonds. The summed E-state index contributed by atoms with van der Waals surface area (Å²) < 4.78 is 0. The smallest absolute Gasteiger partial charge is 0.220 e. The molecule has 1 aromatic heterocycles. The molecule has 1 unspecified atom stereocenters. The van der Waals surface area contributed by atoms with E-state index in [2.05, 4.69) is 32.8 Å². The topological polar surface area (TPSA) is 78.9 Å². The summed E-state index contributed by atoms with van der Waals surface area (Å²) in [7, 11) is 0. The van der Waals surface area contributed by atoms with Crippen molar-refractivity contribution in [3.8, 4) is 0 Å². The predicted molar refractivity (Wildman–Crippen MR) is 75.2 cm³/mol. The summed E-state index contributed by atoms with van der Waals surface area (Å²) in [5, 5.41) is 9.53. The zero-order valence-corrected chi connectivity index (χ0v) is 11.5. The summed E-state index contributed by atoms with van der Waals surface area (Å²) in [4.78, 5) is 19.8. The third kappa shape index (κ3) is 3.33. The normalized spacial score (nSPS) is 18.8. The van der Waals surface area contributed by atoms with Crippen molar-refractivity contribution in [3.63, 3.8) is 0 Å². The molecule has 1 aliphatic rings. The fraction of sp³-hybridized carbons (Fsp3) is 0.615. The zero-order valence-electron chi connectivity index (χ0n) is 11.5. The van der Waals surface area contributed by atoms with Crippen molar-refractivity contribution in [3.05, 3.63) is 11.9 Å². The second-order valence-electron chi connectivity index (χ2n) is 4.62. The molecule has 1 saturated heterocycles. The number of aromatic nitrogens is 2. The van der Waals surface area contributed by atoms with Gasteiger partial charge in [-0.25, -0.2) is 9.97 Å². The molecule has 104 valence electrons. The molecule has 0 saturated carbocycles. The van der Waals surface area contributed by atoms with Crippen LogP contribution in [0.3, 0.4) is 0 Å². The highest BCUT2D eigenvalue weighted by molar-refractivity contribution is 5.77. The average molecular weight is 263 g/mol. The Kier molecular flexibility index (Phi) is 4.54. The Morgan fingerprint density at radius 3 is 2.79 bits per heavy atom. The van der Waals surface area contributed by atoms with Crippen molar-refractivity contribution in [2.24, 2.45) is 0 Å². The number of piperidine rings is 1. The number of hydrogen-bond acceptors (Lipinski definition) is 5. The SMILES string of the molecule is CCNc1ncnc(NC2CCC(=O)NC2)c1CC. The van der Waals surface area contributed by atoms with Gasteiger partial charge in [-0.2, -0.15) is 0 Å². The molecule has 2 rings (SSSR count). The van der Waals surface area contributed by atoms with Gasteiger partial charge < -0.3 is 16.0 Å². The molecule has 19 heavy (non-hydrogen) atoms. The minimum absolute atomic E-state index is 0.129. The van der Waals surface area contributed by atoms with Gasteiger partial charge in [0.05, 0.1) is 0 Å². The van der Waals surface area contributed by atoms with Gasteiger partial charge in [0.2, 0.25) is 5.91 Å². The van der Waals surface area contributed by atoms with E-state index in [0.29, 0.717) is 13.0 Å². The quantitative estimate of drug-likeness (QED) is 0.743. The van der Waals surface area contributed by atoms with E-state index in [1.165, 1.54) is 0 Å². The highest BCUT2D eigenvalue weighted by atomic mass is 16.1. The number of nitrogens with zero attached hydrogens (tertiary/aromatic N) is 2. The van der Waals surface area contributed by atoms with E-state index in [1.54, 1.807) is 6.33 Å². The number of hydrogen-bond donors (Lipinski definition) is 3. The third-order valence-electron chi connectivity index (χ3n) is 3.25. The van der Waals surface area contributed by atoms with Crippen LogP contribution in [0.25, 0.3) is 0 Å². The molecular formula is C13H21N5O. The van der Waals surface area contributed by atoms with Gasteiger partial charge in [-0.3, -0.25) is 4.79 Å². The summed E-state index contributed by atoms with van der Waals surface area (Å²) in [6.45, 7) is 5.63. The van der Waals surface area contributed by atoms with Crippen molar-refractivity contribution in [1.29, 1.82) is 0 Å². The van der Waals surface area contributed by atoms with E-state index in [4.69, 9.17) is 0 Å². The average Bonchev–Trinajstić information content (AvgIpc) is 2.42. The number of carbonyl (C=O) groups excluding carboxylic acids is 1. The molecule has 3 N–H and O–H groups in total. The van der Waals surface area contributed by atoms with E-state index >= 15 is 0 Å². The second kappa shape index (κ2) is 6.36. The Balaban J connectivity index is 2.10. The van der Waals surface area contributed by atoms with Crippen LogP contribution in [0.5, 0.6) is 0 Å². The minimum Gasteiger partial charge on any atom is -0.370 e. The zero-order chi connectivity index (χ0) is 13.7. The van der Waals surface area contributed by atoms with Crippen LogP contribution in [0.15, 0.2) is 6.33 Å². The van der Waals surface area contributed by atoms with Gasteiger partial charge in [-0.15, -0.1) is 0 Å².